The van der Waals surface area contributed by atoms with Crippen molar-refractivity contribution in [3.05, 3.63) is 291 Å². The van der Waals surface area contributed by atoms with Crippen molar-refractivity contribution >= 4 is 113 Å². The predicted molar refractivity (Wildman–Crippen MR) is 336 cm³/mol. The van der Waals surface area contributed by atoms with Gasteiger partial charge in [-0.1, -0.05) is 218 Å². The maximum atomic E-state index is 6.95. The number of rotatable bonds is 6. The van der Waals surface area contributed by atoms with Crippen LogP contribution in [-0.4, -0.2) is 16.1 Å². The summed E-state index contributed by atoms with van der Waals surface area (Å²) in [6.45, 7) is 0. The third-order valence-corrected chi connectivity index (χ3v) is 27.3. The van der Waals surface area contributed by atoms with Gasteiger partial charge in [0.2, 0.25) is 0 Å². The molecule has 4 nitrogen and oxygen atoms in total. The maximum Gasteiger partial charge on any atom is 0.180 e. The van der Waals surface area contributed by atoms with Crippen molar-refractivity contribution in [2.45, 2.75) is 0 Å². The SMILES string of the molecule is c1ccc([Si]2(c3ccccc3)c3ccccc3-c3cc4c(cc32)N(c2ccc3c(ccc5cc(N6c7ccccc7Oc7cc8c(cc76)[Si](c6ccccc6)(c6ccccc6)c6ccccc6-8)ccc53)c2)c2ccccc2O4)cc1. The van der Waals surface area contributed by atoms with Gasteiger partial charge < -0.3 is 19.3 Å². The van der Waals surface area contributed by atoms with E-state index in [0.29, 0.717) is 0 Å². The van der Waals surface area contributed by atoms with Gasteiger partial charge in [0.05, 0.1) is 22.7 Å². The third-order valence-electron chi connectivity index (χ3n) is 17.5. The fraction of sp³-hybridized carbons (Fsp3) is 0. The van der Waals surface area contributed by atoms with Crippen LogP contribution in [0.5, 0.6) is 23.0 Å². The number of fused-ring (bicyclic) bond motifs is 13. The van der Waals surface area contributed by atoms with Gasteiger partial charge in [0.25, 0.3) is 0 Å². The van der Waals surface area contributed by atoms with E-state index in [1.165, 1.54) is 85.3 Å². The van der Waals surface area contributed by atoms with Crippen LogP contribution in [0.3, 0.4) is 0 Å². The average molecular weight is 1050 g/mol. The maximum absolute atomic E-state index is 6.95. The van der Waals surface area contributed by atoms with Gasteiger partial charge in [-0.25, -0.2) is 0 Å². The number of anilines is 6. The molecule has 0 saturated carbocycles. The summed E-state index contributed by atoms with van der Waals surface area (Å²) in [5.41, 5.74) is 11.3. The Labute approximate surface area is 466 Å². The topological polar surface area (TPSA) is 24.9 Å². The first kappa shape index (κ1) is 45.1. The van der Waals surface area contributed by atoms with Gasteiger partial charge in [0, 0.05) is 11.4 Å². The average Bonchev–Trinajstić information content (AvgIpc) is 4.11. The second-order valence-corrected chi connectivity index (χ2v) is 28.9. The zero-order valence-corrected chi connectivity index (χ0v) is 45.4. The number of hydrogen-bond acceptors (Lipinski definition) is 4. The lowest BCUT2D eigenvalue weighted by molar-refractivity contribution is 0.477. The van der Waals surface area contributed by atoms with E-state index in [1.54, 1.807) is 0 Å². The molecule has 374 valence electrons. The van der Waals surface area contributed by atoms with Gasteiger partial charge in [-0.2, -0.15) is 0 Å². The van der Waals surface area contributed by atoms with Gasteiger partial charge in [0.15, 0.2) is 39.1 Å². The van der Waals surface area contributed by atoms with Gasteiger partial charge in [-0.3, -0.25) is 0 Å². The van der Waals surface area contributed by atoms with E-state index in [9.17, 15) is 0 Å². The first-order valence-electron chi connectivity index (χ1n) is 27.6. The summed E-state index contributed by atoms with van der Waals surface area (Å²) in [4.78, 5) is 4.85. The monoisotopic (exact) mass is 1050 g/mol. The van der Waals surface area contributed by atoms with Crippen molar-refractivity contribution in [1.29, 1.82) is 0 Å². The molecule has 0 atom stereocenters. The molecule has 4 aliphatic heterocycles. The first-order chi connectivity index (χ1) is 39.7. The summed E-state index contributed by atoms with van der Waals surface area (Å²) in [5.74, 6) is 3.37. The van der Waals surface area contributed by atoms with Crippen molar-refractivity contribution in [2.75, 3.05) is 9.80 Å². The van der Waals surface area contributed by atoms with Crippen LogP contribution in [0.1, 0.15) is 0 Å². The number of ether oxygens (including phenoxy) is 2. The Morgan fingerprint density at radius 1 is 0.237 bits per heavy atom. The molecule has 4 aliphatic rings. The zero-order valence-electron chi connectivity index (χ0n) is 43.4. The highest BCUT2D eigenvalue weighted by molar-refractivity contribution is 7.23. The van der Waals surface area contributed by atoms with Crippen LogP contribution in [-0.2, 0) is 0 Å². The Kier molecular flexibility index (Phi) is 9.72. The van der Waals surface area contributed by atoms with E-state index >= 15 is 0 Å². The predicted octanol–water partition coefficient (Wildman–Crippen LogP) is 13.9. The van der Waals surface area contributed by atoms with Crippen LogP contribution in [0.2, 0.25) is 0 Å². The summed E-state index contributed by atoms with van der Waals surface area (Å²) < 4.78 is 13.9. The first-order valence-corrected chi connectivity index (χ1v) is 31.6. The molecule has 0 amide bonds. The fourth-order valence-corrected chi connectivity index (χ4v) is 24.6. The van der Waals surface area contributed by atoms with Crippen molar-refractivity contribution in [2.24, 2.45) is 0 Å². The minimum Gasteiger partial charge on any atom is -0.453 e. The van der Waals surface area contributed by atoms with Gasteiger partial charge in [-0.05, 0) is 158 Å². The Balaban J connectivity index is 0.813. The Hall–Kier alpha value is -9.99. The molecule has 0 fully saturated rings. The highest BCUT2D eigenvalue weighted by atomic mass is 28.3. The standard InChI is InChI=1S/C74H48N2O2Si2/c1-5-21-53(22-6-1)79(54-23-7-2-8-24-54)71-35-19-13-29-59(71)61-45-69-65(47-73(61)79)75(63-31-15-17-33-67(63)77-69)51-39-41-57-49(43-51)37-38-50-44-52(40-42-58(50)57)76-64-32-16-18-34-68(64)78-70-46-62-60-30-14-20-36-72(60)80(74(62)48-66(70)76,55-25-9-3-10-26-55)56-27-11-4-12-28-56/h1-48H. The normalized spacial score (nSPS) is 14.3. The molecule has 13 aromatic carbocycles. The minimum absolute atomic E-state index is 0.834. The van der Waals surface area contributed by atoms with Crippen LogP contribution in [0.4, 0.5) is 34.1 Å². The van der Waals surface area contributed by atoms with Crippen LogP contribution in [0, 0.1) is 0 Å². The fourth-order valence-electron chi connectivity index (χ4n) is 14.3. The number of para-hydroxylation sites is 4. The lowest BCUT2D eigenvalue weighted by atomic mass is 9.99. The number of benzene rings is 13. The molecule has 0 unspecified atom stereocenters. The van der Waals surface area contributed by atoms with Gasteiger partial charge in [-0.15, -0.1) is 0 Å². The summed E-state index contributed by atoms with van der Waals surface area (Å²) in [6.07, 6.45) is 0. The Morgan fingerprint density at radius 3 is 0.988 bits per heavy atom. The highest BCUT2D eigenvalue weighted by Crippen LogP contribution is 2.54. The van der Waals surface area contributed by atoms with Crippen LogP contribution < -0.4 is 60.8 Å². The van der Waals surface area contributed by atoms with Crippen LogP contribution >= 0.6 is 0 Å². The van der Waals surface area contributed by atoms with Crippen molar-refractivity contribution in [3.8, 4) is 45.3 Å². The molecule has 17 rings (SSSR count). The molecule has 0 spiro atoms. The number of hydrogen-bond donors (Lipinski definition) is 0. The van der Waals surface area contributed by atoms with Gasteiger partial charge >= 0.3 is 0 Å². The van der Waals surface area contributed by atoms with Gasteiger partial charge in [0.1, 0.15) is 0 Å². The molecule has 6 heteroatoms. The van der Waals surface area contributed by atoms with E-state index in [0.717, 1.165) is 57.1 Å². The smallest absolute Gasteiger partial charge is 0.180 e. The lowest BCUT2D eigenvalue weighted by Gasteiger charge is -2.36. The Morgan fingerprint density at radius 2 is 0.588 bits per heavy atom. The van der Waals surface area contributed by atoms with Crippen molar-refractivity contribution < 1.29 is 9.47 Å². The van der Waals surface area contributed by atoms with E-state index in [-0.39, 0.29) is 0 Å². The molecular formula is C74H48N2O2Si2. The second kappa shape index (κ2) is 17.3. The molecular weight excluding hydrogens is 1000 g/mol. The molecule has 0 radical (unpaired) electrons. The van der Waals surface area contributed by atoms with E-state index < -0.39 is 16.1 Å². The van der Waals surface area contributed by atoms with Crippen LogP contribution in [0.25, 0.3) is 43.8 Å². The van der Waals surface area contributed by atoms with Crippen molar-refractivity contribution in [3.63, 3.8) is 0 Å². The molecule has 13 aromatic rings. The third kappa shape index (κ3) is 6.25. The van der Waals surface area contributed by atoms with Crippen molar-refractivity contribution in [1.82, 2.24) is 0 Å². The molecule has 0 saturated heterocycles. The summed E-state index contributed by atoms with van der Waals surface area (Å²) in [6, 6.07) is 108. The van der Waals surface area contributed by atoms with E-state index in [2.05, 4.69) is 301 Å². The van der Waals surface area contributed by atoms with Crippen LogP contribution in [0.15, 0.2) is 291 Å². The molecule has 0 bridgehead atoms. The Bertz CT molecular complexity index is 4310. The molecule has 0 aliphatic carbocycles. The summed E-state index contributed by atoms with van der Waals surface area (Å²) >= 11 is 0. The lowest BCUT2D eigenvalue weighted by Crippen LogP contribution is -2.72. The van der Waals surface area contributed by atoms with E-state index in [1.807, 2.05) is 0 Å². The second-order valence-electron chi connectivity index (χ2n) is 21.5. The number of nitrogens with zero attached hydrogens (tertiary/aromatic N) is 2. The highest BCUT2D eigenvalue weighted by Gasteiger charge is 2.51. The quantitative estimate of drug-likeness (QED) is 0.122. The molecule has 4 heterocycles. The largest absolute Gasteiger partial charge is 0.453 e. The minimum atomic E-state index is -2.78. The summed E-state index contributed by atoms with van der Waals surface area (Å²) in [7, 11) is -5.56. The molecule has 80 heavy (non-hydrogen) atoms. The molecule has 0 aromatic heterocycles. The molecule has 0 N–H and O–H groups in total. The van der Waals surface area contributed by atoms with E-state index in [4.69, 9.17) is 9.47 Å². The zero-order chi connectivity index (χ0) is 52.5. The summed E-state index contributed by atoms with van der Waals surface area (Å²) in [5, 5.41) is 15.8.